The molecule has 7 heteroatoms. The Morgan fingerprint density at radius 2 is 1.86 bits per heavy atom. The predicted molar refractivity (Wildman–Crippen MR) is 134 cm³/mol. The van der Waals surface area contributed by atoms with Crippen LogP contribution in [0.4, 0.5) is 0 Å². The lowest BCUT2D eigenvalue weighted by Crippen LogP contribution is -2.71. The van der Waals surface area contributed by atoms with E-state index in [4.69, 9.17) is 9.47 Å². The number of aliphatic hydroxyl groups is 2. The molecule has 0 amide bonds. The highest BCUT2D eigenvalue weighted by molar-refractivity contribution is 6.01. The zero-order chi connectivity index (χ0) is 26.7. The van der Waals surface area contributed by atoms with Crippen molar-refractivity contribution in [3.05, 3.63) is 23.8 Å². The molecule has 1 heterocycles. The van der Waals surface area contributed by atoms with Crippen molar-refractivity contribution in [1.82, 2.24) is 0 Å². The Bertz CT molecular complexity index is 994. The Hall–Kier alpha value is -1.83. The monoisotopic (exact) mass is 502 g/mol. The molecule has 2 saturated carbocycles. The first-order valence-electron chi connectivity index (χ1n) is 13.5. The lowest BCUT2D eigenvalue weighted by atomic mass is 9.47. The van der Waals surface area contributed by atoms with Crippen LogP contribution in [0.5, 0.6) is 0 Å². The summed E-state index contributed by atoms with van der Waals surface area (Å²) in [6.07, 6.45) is 7.79. The first-order valence-corrected chi connectivity index (χ1v) is 13.5. The van der Waals surface area contributed by atoms with Gasteiger partial charge in [-0.15, -0.1) is 0 Å². The van der Waals surface area contributed by atoms with Crippen LogP contribution in [0, 0.1) is 29.1 Å². The van der Waals surface area contributed by atoms with Crippen LogP contribution in [0.1, 0.15) is 86.5 Å². The van der Waals surface area contributed by atoms with Crippen molar-refractivity contribution in [2.24, 2.45) is 29.1 Å². The van der Waals surface area contributed by atoms with E-state index in [2.05, 4.69) is 20.8 Å². The van der Waals surface area contributed by atoms with E-state index in [0.29, 0.717) is 38.0 Å². The van der Waals surface area contributed by atoms with Crippen LogP contribution in [-0.2, 0) is 23.9 Å². The van der Waals surface area contributed by atoms with Crippen molar-refractivity contribution in [1.29, 1.82) is 0 Å². The van der Waals surface area contributed by atoms with Crippen LogP contribution in [0.25, 0.3) is 0 Å². The maximum atomic E-state index is 13.0. The van der Waals surface area contributed by atoms with Crippen molar-refractivity contribution in [2.45, 2.75) is 110 Å². The Balaban J connectivity index is 1.73. The molecule has 8 atom stereocenters. The molecule has 0 aromatic carbocycles. The SMILES string of the molecule is CC(=O)OC1CC2C(CCC3=CC(=O)C=CC32C)C2(CCC(O)(C(C)C(=O)CCC(C)C)O2)C1(C)O. The Labute approximate surface area is 214 Å². The van der Waals surface area contributed by atoms with Gasteiger partial charge in [0.05, 0.1) is 5.92 Å². The third kappa shape index (κ3) is 4.21. The molecule has 0 aromatic heterocycles. The summed E-state index contributed by atoms with van der Waals surface area (Å²) in [5.74, 6) is -2.91. The zero-order valence-corrected chi connectivity index (χ0v) is 22.5. The molecule has 3 aliphatic carbocycles. The van der Waals surface area contributed by atoms with E-state index in [0.717, 1.165) is 12.0 Å². The molecule has 4 aliphatic rings. The van der Waals surface area contributed by atoms with E-state index >= 15 is 0 Å². The fourth-order valence-electron chi connectivity index (χ4n) is 7.41. The number of carbonyl (C=O) groups is 3. The highest BCUT2D eigenvalue weighted by Gasteiger charge is 2.71. The molecule has 36 heavy (non-hydrogen) atoms. The Morgan fingerprint density at radius 1 is 1.17 bits per heavy atom. The molecule has 7 nitrogen and oxygen atoms in total. The number of Topliss-reactive ketones (excluding diaryl/α,β-unsaturated/α-hetero) is 1. The molecule has 3 fully saturated rings. The summed E-state index contributed by atoms with van der Waals surface area (Å²) in [4.78, 5) is 37.2. The second-order valence-electron chi connectivity index (χ2n) is 12.4. The molecular formula is C29H42O7. The standard InChI is InChI=1S/C29H42O7/c1-17(2)7-10-24(32)18(3)29(34)14-13-28(36-29)22-9-8-20-15-21(31)11-12-26(20,5)23(22)16-25(27(28,6)33)35-19(4)30/h11-12,15,17-18,22-23,25,33-34H,7-10,13-14,16H2,1-6H3. The molecule has 0 bridgehead atoms. The van der Waals surface area contributed by atoms with Gasteiger partial charge in [0.25, 0.3) is 0 Å². The summed E-state index contributed by atoms with van der Waals surface area (Å²) in [7, 11) is 0. The minimum absolute atomic E-state index is 0.0322. The molecule has 2 N–H and O–H groups in total. The maximum absolute atomic E-state index is 13.0. The number of allylic oxidation sites excluding steroid dienone is 4. The molecule has 8 unspecified atom stereocenters. The summed E-state index contributed by atoms with van der Waals surface area (Å²) >= 11 is 0. The van der Waals surface area contributed by atoms with Gasteiger partial charge >= 0.3 is 5.97 Å². The third-order valence-corrected chi connectivity index (χ3v) is 9.78. The van der Waals surface area contributed by atoms with Gasteiger partial charge in [0.1, 0.15) is 23.1 Å². The van der Waals surface area contributed by atoms with Crippen LogP contribution in [0.2, 0.25) is 0 Å². The second-order valence-corrected chi connectivity index (χ2v) is 12.4. The van der Waals surface area contributed by atoms with Gasteiger partial charge in [0.2, 0.25) is 0 Å². The first kappa shape index (κ1) is 27.2. The molecule has 1 aliphatic heterocycles. The topological polar surface area (TPSA) is 110 Å². The zero-order valence-electron chi connectivity index (χ0n) is 22.5. The maximum Gasteiger partial charge on any atom is 0.303 e. The number of hydrogen-bond acceptors (Lipinski definition) is 7. The van der Waals surface area contributed by atoms with Gasteiger partial charge in [-0.05, 0) is 68.9 Å². The summed E-state index contributed by atoms with van der Waals surface area (Å²) in [5, 5.41) is 23.7. The molecule has 4 rings (SSSR count). The highest BCUT2D eigenvalue weighted by Crippen LogP contribution is 2.65. The molecule has 200 valence electrons. The quantitative estimate of drug-likeness (QED) is 0.527. The number of carbonyl (C=O) groups excluding carboxylic acids is 3. The highest BCUT2D eigenvalue weighted by atomic mass is 16.7. The summed E-state index contributed by atoms with van der Waals surface area (Å²) in [5.41, 5.74) is -2.19. The van der Waals surface area contributed by atoms with Crippen molar-refractivity contribution < 1.29 is 34.1 Å². The molecule has 1 spiro atoms. The molecule has 0 radical (unpaired) electrons. The molecule has 0 aromatic rings. The minimum atomic E-state index is -1.71. The van der Waals surface area contributed by atoms with Crippen molar-refractivity contribution in [3.63, 3.8) is 0 Å². The minimum Gasteiger partial charge on any atom is -0.459 e. The smallest absolute Gasteiger partial charge is 0.303 e. The lowest BCUT2D eigenvalue weighted by Gasteiger charge is -2.62. The van der Waals surface area contributed by atoms with E-state index in [1.807, 2.05) is 6.08 Å². The molecular weight excluding hydrogens is 460 g/mol. The van der Waals surface area contributed by atoms with Gasteiger partial charge in [-0.3, -0.25) is 14.4 Å². The average molecular weight is 503 g/mol. The largest absolute Gasteiger partial charge is 0.459 e. The van der Waals surface area contributed by atoms with Gasteiger partial charge in [-0.1, -0.05) is 39.3 Å². The number of esters is 1. The lowest BCUT2D eigenvalue weighted by molar-refractivity contribution is -0.332. The van der Waals surface area contributed by atoms with Gasteiger partial charge in [-0.2, -0.15) is 0 Å². The van der Waals surface area contributed by atoms with Crippen molar-refractivity contribution in [2.75, 3.05) is 0 Å². The Kier molecular flexibility index (Phi) is 6.93. The number of ether oxygens (including phenoxy) is 2. The Morgan fingerprint density at radius 3 is 2.50 bits per heavy atom. The second kappa shape index (κ2) is 9.17. The van der Waals surface area contributed by atoms with Gasteiger partial charge in [0.15, 0.2) is 11.6 Å². The fraction of sp³-hybridized carbons (Fsp3) is 0.759. The van der Waals surface area contributed by atoms with Crippen LogP contribution in [0.3, 0.4) is 0 Å². The number of ketones is 2. The normalized spacial score (nSPS) is 42.6. The fourth-order valence-corrected chi connectivity index (χ4v) is 7.41. The average Bonchev–Trinajstić information content (AvgIpc) is 3.16. The predicted octanol–water partition coefficient (Wildman–Crippen LogP) is 4.05. The van der Waals surface area contributed by atoms with Crippen LogP contribution in [0.15, 0.2) is 23.8 Å². The van der Waals surface area contributed by atoms with Gasteiger partial charge in [-0.25, -0.2) is 0 Å². The van der Waals surface area contributed by atoms with E-state index in [-0.39, 0.29) is 29.8 Å². The van der Waals surface area contributed by atoms with E-state index in [9.17, 15) is 24.6 Å². The third-order valence-electron chi connectivity index (χ3n) is 9.78. The molecule has 1 saturated heterocycles. The van der Waals surface area contributed by atoms with E-state index < -0.39 is 40.4 Å². The number of rotatable bonds is 6. The van der Waals surface area contributed by atoms with Crippen LogP contribution >= 0.6 is 0 Å². The summed E-state index contributed by atoms with van der Waals surface area (Å²) in [6, 6.07) is 0. The number of fused-ring (bicyclic) bond motifs is 4. The van der Waals surface area contributed by atoms with E-state index in [1.165, 1.54) is 6.92 Å². The van der Waals surface area contributed by atoms with Crippen molar-refractivity contribution >= 4 is 17.5 Å². The first-order chi connectivity index (χ1) is 16.7. The van der Waals surface area contributed by atoms with Crippen molar-refractivity contribution in [3.8, 4) is 0 Å². The summed E-state index contributed by atoms with van der Waals surface area (Å²) in [6.45, 7) is 10.9. The number of hydrogen-bond donors (Lipinski definition) is 2. The van der Waals surface area contributed by atoms with Gasteiger partial charge in [0, 0.05) is 25.2 Å². The van der Waals surface area contributed by atoms with Gasteiger partial charge < -0.3 is 19.7 Å². The van der Waals surface area contributed by atoms with Crippen LogP contribution in [-0.4, -0.2) is 50.8 Å². The van der Waals surface area contributed by atoms with Crippen LogP contribution < -0.4 is 0 Å². The van der Waals surface area contributed by atoms with E-state index in [1.54, 1.807) is 26.0 Å². The summed E-state index contributed by atoms with van der Waals surface area (Å²) < 4.78 is 12.3.